The van der Waals surface area contributed by atoms with Gasteiger partial charge in [0.15, 0.2) is 0 Å². The van der Waals surface area contributed by atoms with Gasteiger partial charge in [0, 0.05) is 11.4 Å². The summed E-state index contributed by atoms with van der Waals surface area (Å²) in [6.45, 7) is 6.07. The van der Waals surface area contributed by atoms with Gasteiger partial charge in [-0.2, -0.15) is 0 Å². The molecular weight excluding hydrogens is 344 g/mol. The number of hydrogen-bond donors (Lipinski definition) is 2. The SMILES string of the molecule is Cc1cc(C(=O)NCc2ccco2)nc(Nc2ccc(OC(C)C)cc2)n1. The van der Waals surface area contributed by atoms with Crippen LogP contribution in [-0.4, -0.2) is 22.0 Å². The minimum absolute atomic E-state index is 0.117. The molecule has 7 nitrogen and oxygen atoms in total. The van der Waals surface area contributed by atoms with Crippen molar-refractivity contribution < 1.29 is 13.9 Å². The van der Waals surface area contributed by atoms with Gasteiger partial charge < -0.3 is 19.8 Å². The second-order valence-corrected chi connectivity index (χ2v) is 6.30. The number of amides is 1. The lowest BCUT2D eigenvalue weighted by molar-refractivity contribution is 0.0943. The zero-order valence-corrected chi connectivity index (χ0v) is 15.5. The first-order valence-corrected chi connectivity index (χ1v) is 8.69. The van der Waals surface area contributed by atoms with Gasteiger partial charge in [0.1, 0.15) is 17.2 Å². The Hall–Kier alpha value is -3.35. The van der Waals surface area contributed by atoms with Gasteiger partial charge in [0.25, 0.3) is 5.91 Å². The van der Waals surface area contributed by atoms with Crippen LogP contribution in [0.1, 0.15) is 35.8 Å². The summed E-state index contributed by atoms with van der Waals surface area (Å²) in [6, 6.07) is 12.7. The molecule has 0 aliphatic rings. The number of nitrogens with one attached hydrogen (secondary N) is 2. The van der Waals surface area contributed by atoms with Gasteiger partial charge in [-0.15, -0.1) is 0 Å². The maximum Gasteiger partial charge on any atom is 0.270 e. The molecule has 0 fully saturated rings. The molecule has 7 heteroatoms. The van der Waals surface area contributed by atoms with Gasteiger partial charge in [-0.25, -0.2) is 9.97 Å². The highest BCUT2D eigenvalue weighted by Gasteiger charge is 2.11. The first-order chi connectivity index (χ1) is 13.0. The normalized spacial score (nSPS) is 10.7. The fourth-order valence-electron chi connectivity index (χ4n) is 2.43. The van der Waals surface area contributed by atoms with Crippen LogP contribution in [0, 0.1) is 6.92 Å². The molecule has 27 heavy (non-hydrogen) atoms. The third kappa shape index (κ3) is 5.31. The Labute approximate surface area is 157 Å². The molecule has 140 valence electrons. The third-order valence-electron chi connectivity index (χ3n) is 3.57. The van der Waals surface area contributed by atoms with Gasteiger partial charge in [0.05, 0.1) is 18.9 Å². The maximum absolute atomic E-state index is 12.4. The summed E-state index contributed by atoms with van der Waals surface area (Å²) < 4.78 is 10.8. The summed E-state index contributed by atoms with van der Waals surface area (Å²) in [5, 5.41) is 5.89. The fourth-order valence-corrected chi connectivity index (χ4v) is 2.43. The van der Waals surface area contributed by atoms with Crippen molar-refractivity contribution in [3.05, 3.63) is 65.9 Å². The summed E-state index contributed by atoms with van der Waals surface area (Å²) in [7, 11) is 0. The first-order valence-electron chi connectivity index (χ1n) is 8.69. The smallest absolute Gasteiger partial charge is 0.270 e. The minimum atomic E-state index is -0.291. The van der Waals surface area contributed by atoms with Crippen LogP contribution in [0.4, 0.5) is 11.6 Å². The van der Waals surface area contributed by atoms with Crippen molar-refractivity contribution in [3.8, 4) is 5.75 Å². The van der Waals surface area contributed by atoms with E-state index in [9.17, 15) is 4.79 Å². The van der Waals surface area contributed by atoms with E-state index in [1.165, 1.54) is 0 Å². The Morgan fingerprint density at radius 2 is 1.96 bits per heavy atom. The Morgan fingerprint density at radius 3 is 2.63 bits per heavy atom. The van der Waals surface area contributed by atoms with Crippen molar-refractivity contribution in [1.29, 1.82) is 0 Å². The fraction of sp³-hybridized carbons (Fsp3) is 0.250. The van der Waals surface area contributed by atoms with E-state index < -0.39 is 0 Å². The molecule has 3 rings (SSSR count). The molecule has 0 spiro atoms. The zero-order valence-electron chi connectivity index (χ0n) is 15.5. The predicted molar refractivity (Wildman–Crippen MR) is 102 cm³/mol. The van der Waals surface area contributed by atoms with Crippen molar-refractivity contribution in [3.63, 3.8) is 0 Å². The second kappa shape index (κ2) is 8.35. The number of ether oxygens (including phenoxy) is 1. The monoisotopic (exact) mass is 366 g/mol. The number of nitrogens with zero attached hydrogens (tertiary/aromatic N) is 2. The largest absolute Gasteiger partial charge is 0.491 e. The number of aromatic nitrogens is 2. The Kier molecular flexibility index (Phi) is 5.71. The van der Waals surface area contributed by atoms with E-state index in [0.717, 1.165) is 11.4 Å². The highest BCUT2D eigenvalue weighted by Crippen LogP contribution is 2.19. The molecule has 2 N–H and O–H groups in total. The van der Waals surface area contributed by atoms with E-state index in [4.69, 9.17) is 9.15 Å². The third-order valence-corrected chi connectivity index (χ3v) is 3.57. The van der Waals surface area contributed by atoms with Crippen LogP contribution in [0.5, 0.6) is 5.75 Å². The van der Waals surface area contributed by atoms with E-state index in [1.54, 1.807) is 24.5 Å². The van der Waals surface area contributed by atoms with E-state index >= 15 is 0 Å². The molecule has 0 saturated carbocycles. The van der Waals surface area contributed by atoms with Crippen molar-refractivity contribution in [2.45, 2.75) is 33.4 Å². The lowest BCUT2D eigenvalue weighted by Crippen LogP contribution is -2.24. The van der Waals surface area contributed by atoms with Gasteiger partial charge in [-0.1, -0.05) is 0 Å². The van der Waals surface area contributed by atoms with Gasteiger partial charge in [-0.05, 0) is 63.2 Å². The van der Waals surface area contributed by atoms with Crippen LogP contribution in [0.2, 0.25) is 0 Å². The number of anilines is 2. The Morgan fingerprint density at radius 1 is 1.19 bits per heavy atom. The van der Waals surface area contributed by atoms with E-state index in [2.05, 4.69) is 20.6 Å². The summed E-state index contributed by atoms with van der Waals surface area (Å²) in [5.74, 6) is 1.53. The minimum Gasteiger partial charge on any atom is -0.491 e. The number of aryl methyl sites for hydroxylation is 1. The molecule has 0 atom stereocenters. The highest BCUT2D eigenvalue weighted by molar-refractivity contribution is 5.92. The molecule has 1 amide bonds. The van der Waals surface area contributed by atoms with Crippen molar-refractivity contribution in [2.24, 2.45) is 0 Å². The topological polar surface area (TPSA) is 89.3 Å². The second-order valence-electron chi connectivity index (χ2n) is 6.30. The predicted octanol–water partition coefficient (Wildman–Crippen LogP) is 3.84. The van der Waals surface area contributed by atoms with Crippen LogP contribution >= 0.6 is 0 Å². The van der Waals surface area contributed by atoms with Crippen LogP contribution in [0.25, 0.3) is 0 Å². The number of hydrogen-bond acceptors (Lipinski definition) is 6. The van der Waals surface area contributed by atoms with E-state index in [1.807, 2.05) is 45.0 Å². The molecule has 0 aliphatic heterocycles. The number of carbonyl (C=O) groups is 1. The number of carbonyl (C=O) groups excluding carboxylic acids is 1. The molecule has 3 aromatic rings. The molecule has 0 aliphatic carbocycles. The van der Waals surface area contributed by atoms with Crippen molar-refractivity contribution in [1.82, 2.24) is 15.3 Å². The standard InChI is InChI=1S/C20H22N4O3/c1-13(2)27-16-8-6-15(7-9-16)23-20-22-14(3)11-18(24-20)19(25)21-12-17-5-4-10-26-17/h4-11,13H,12H2,1-3H3,(H,21,25)(H,22,23,24). The van der Waals surface area contributed by atoms with Gasteiger partial charge >= 0.3 is 0 Å². The van der Waals surface area contributed by atoms with Gasteiger partial charge in [-0.3, -0.25) is 4.79 Å². The Balaban J connectivity index is 1.68. The molecule has 2 heterocycles. The average molecular weight is 366 g/mol. The molecule has 0 bridgehead atoms. The number of benzene rings is 1. The lowest BCUT2D eigenvalue weighted by atomic mass is 10.3. The summed E-state index contributed by atoms with van der Waals surface area (Å²) in [5.41, 5.74) is 1.78. The summed E-state index contributed by atoms with van der Waals surface area (Å²) in [4.78, 5) is 21.0. The zero-order chi connectivity index (χ0) is 19.2. The van der Waals surface area contributed by atoms with Crippen LogP contribution < -0.4 is 15.4 Å². The van der Waals surface area contributed by atoms with Crippen LogP contribution in [0.15, 0.2) is 53.1 Å². The van der Waals surface area contributed by atoms with Crippen LogP contribution in [-0.2, 0) is 6.54 Å². The quantitative estimate of drug-likeness (QED) is 0.660. The average Bonchev–Trinajstić information content (AvgIpc) is 3.14. The number of furan rings is 1. The molecule has 1 aromatic carbocycles. The van der Waals surface area contributed by atoms with E-state index in [0.29, 0.717) is 23.9 Å². The molecule has 0 unspecified atom stereocenters. The number of rotatable bonds is 7. The van der Waals surface area contributed by atoms with Gasteiger partial charge in [0.2, 0.25) is 5.95 Å². The molecule has 0 radical (unpaired) electrons. The first kappa shape index (κ1) is 18.4. The molecule has 0 saturated heterocycles. The van der Waals surface area contributed by atoms with E-state index in [-0.39, 0.29) is 17.7 Å². The van der Waals surface area contributed by atoms with Crippen molar-refractivity contribution in [2.75, 3.05) is 5.32 Å². The Bertz CT molecular complexity index is 890. The summed E-state index contributed by atoms with van der Waals surface area (Å²) in [6.07, 6.45) is 1.68. The molecule has 2 aromatic heterocycles. The van der Waals surface area contributed by atoms with Crippen LogP contribution in [0.3, 0.4) is 0 Å². The lowest BCUT2D eigenvalue weighted by Gasteiger charge is -2.11. The molecular formula is C20H22N4O3. The highest BCUT2D eigenvalue weighted by atomic mass is 16.5. The summed E-state index contributed by atoms with van der Waals surface area (Å²) >= 11 is 0. The van der Waals surface area contributed by atoms with Crippen molar-refractivity contribution >= 4 is 17.5 Å². The maximum atomic E-state index is 12.4.